The van der Waals surface area contributed by atoms with Crippen molar-refractivity contribution in [3.63, 3.8) is 0 Å². The lowest BCUT2D eigenvalue weighted by molar-refractivity contribution is 0.0953. The van der Waals surface area contributed by atoms with Crippen molar-refractivity contribution in [2.24, 2.45) is 0 Å². The van der Waals surface area contributed by atoms with Gasteiger partial charge in [-0.1, -0.05) is 23.8 Å². The number of nitrogens with one attached hydrogen (secondary N) is 1. The highest BCUT2D eigenvalue weighted by molar-refractivity contribution is 7.13. The number of allylic oxidation sites excluding steroid dienone is 1. The summed E-state index contributed by atoms with van der Waals surface area (Å²) < 4.78 is 7.48. The molecule has 7 nitrogen and oxygen atoms in total. The van der Waals surface area contributed by atoms with E-state index in [4.69, 9.17) is 9.72 Å². The number of amides is 1. The molecule has 1 aliphatic carbocycles. The third-order valence-corrected chi connectivity index (χ3v) is 7.64. The molecule has 1 aliphatic rings. The summed E-state index contributed by atoms with van der Waals surface area (Å²) in [5, 5.41) is 5.95. The van der Waals surface area contributed by atoms with Gasteiger partial charge in [-0.2, -0.15) is 0 Å². The zero-order valence-corrected chi connectivity index (χ0v) is 22.1. The minimum atomic E-state index is -0.0481. The molecule has 4 aromatic rings. The molecule has 0 spiro atoms. The summed E-state index contributed by atoms with van der Waals surface area (Å²) in [5.74, 6) is 0.766. The van der Waals surface area contributed by atoms with Gasteiger partial charge >= 0.3 is 0 Å². The van der Waals surface area contributed by atoms with Crippen molar-refractivity contribution in [2.45, 2.75) is 45.6 Å². The maximum atomic E-state index is 13.3. The Kier molecular flexibility index (Phi) is 7.75. The van der Waals surface area contributed by atoms with Crippen LogP contribution in [-0.2, 0) is 6.54 Å². The predicted octanol–water partition coefficient (Wildman–Crippen LogP) is 6.05. The highest BCUT2D eigenvalue weighted by Gasteiger charge is 2.21. The van der Waals surface area contributed by atoms with Gasteiger partial charge in [0.1, 0.15) is 16.5 Å². The molecule has 37 heavy (non-hydrogen) atoms. The van der Waals surface area contributed by atoms with E-state index in [1.807, 2.05) is 42.6 Å². The number of hydrogen-bond acceptors (Lipinski definition) is 6. The number of rotatable bonds is 9. The van der Waals surface area contributed by atoms with Gasteiger partial charge in [0, 0.05) is 36.6 Å². The zero-order valence-electron chi connectivity index (χ0n) is 21.2. The first kappa shape index (κ1) is 24.9. The summed E-state index contributed by atoms with van der Waals surface area (Å²) in [6, 6.07) is 9.97. The van der Waals surface area contributed by atoms with E-state index in [2.05, 4.69) is 25.9 Å². The van der Waals surface area contributed by atoms with E-state index in [0.29, 0.717) is 18.7 Å². The number of hydrogen-bond donors (Lipinski definition) is 1. The van der Waals surface area contributed by atoms with Crippen LogP contribution in [0.15, 0.2) is 66.0 Å². The fourth-order valence-electron chi connectivity index (χ4n) is 4.69. The van der Waals surface area contributed by atoms with E-state index >= 15 is 0 Å². The first-order valence-corrected chi connectivity index (χ1v) is 13.5. The average Bonchev–Trinajstić information content (AvgIpc) is 3.55. The highest BCUT2D eigenvalue weighted by Crippen LogP contribution is 2.31. The van der Waals surface area contributed by atoms with Gasteiger partial charge in [0.05, 0.1) is 30.3 Å². The maximum absolute atomic E-state index is 13.3. The molecule has 190 valence electrons. The molecule has 1 aromatic carbocycles. The van der Waals surface area contributed by atoms with Crippen molar-refractivity contribution >= 4 is 17.2 Å². The molecule has 1 N–H and O–H groups in total. The first-order valence-electron chi connectivity index (χ1n) is 12.6. The average molecular weight is 514 g/mol. The van der Waals surface area contributed by atoms with E-state index in [9.17, 15) is 4.79 Å². The minimum absolute atomic E-state index is 0.0481. The molecule has 5 rings (SSSR count). The van der Waals surface area contributed by atoms with Crippen LogP contribution >= 0.6 is 11.3 Å². The Morgan fingerprint density at radius 1 is 1.16 bits per heavy atom. The second-order valence-corrected chi connectivity index (χ2v) is 10.1. The van der Waals surface area contributed by atoms with Crippen molar-refractivity contribution in [1.82, 2.24) is 24.8 Å². The van der Waals surface area contributed by atoms with Gasteiger partial charge in [0.25, 0.3) is 5.91 Å². The summed E-state index contributed by atoms with van der Waals surface area (Å²) in [6.45, 7) is 3.27. The van der Waals surface area contributed by atoms with Crippen LogP contribution < -0.4 is 10.1 Å². The van der Waals surface area contributed by atoms with Crippen LogP contribution in [0.2, 0.25) is 0 Å². The molecule has 1 amide bonds. The van der Waals surface area contributed by atoms with Crippen LogP contribution in [0, 0.1) is 6.92 Å². The number of carbonyl (C=O) groups excluding carboxylic acids is 1. The molecule has 0 unspecified atom stereocenters. The number of benzene rings is 1. The number of thiazole rings is 1. The van der Waals surface area contributed by atoms with E-state index in [-0.39, 0.29) is 5.91 Å². The topological polar surface area (TPSA) is 81.9 Å². The molecule has 0 atom stereocenters. The van der Waals surface area contributed by atoms with Crippen LogP contribution in [-0.4, -0.2) is 39.1 Å². The van der Waals surface area contributed by atoms with Crippen LogP contribution in [0.5, 0.6) is 5.75 Å². The molecule has 8 heteroatoms. The summed E-state index contributed by atoms with van der Waals surface area (Å²) in [5.41, 5.74) is 6.61. The third kappa shape index (κ3) is 5.80. The quantitative estimate of drug-likeness (QED) is 0.275. The Hall–Kier alpha value is -3.78. The lowest BCUT2D eigenvalue weighted by atomic mass is 9.97. The molecular weight excluding hydrogens is 482 g/mol. The summed E-state index contributed by atoms with van der Waals surface area (Å²) in [7, 11) is 1.66. The number of carbonyl (C=O) groups is 1. The fraction of sp³-hybridized carbons (Fsp3) is 0.310. The van der Waals surface area contributed by atoms with Crippen molar-refractivity contribution in [1.29, 1.82) is 0 Å². The molecule has 3 aromatic heterocycles. The molecule has 0 aliphatic heterocycles. The molecule has 3 heterocycles. The van der Waals surface area contributed by atoms with Crippen LogP contribution in [0.25, 0.3) is 22.1 Å². The number of methoxy groups -OCH3 is 1. The molecular formula is C29H31N5O2S. The van der Waals surface area contributed by atoms with E-state index < -0.39 is 0 Å². The molecule has 0 saturated heterocycles. The normalized spacial score (nSPS) is 13.3. The number of nitrogens with zero attached hydrogens (tertiary/aromatic N) is 4. The summed E-state index contributed by atoms with van der Waals surface area (Å²) in [6.07, 6.45) is 13.1. The molecule has 0 fully saturated rings. The SMILES string of the molecule is COc1ccc(Cn2c(-c3csc(-c4cnccn4)n3)cc(C(=O)NCCC3=CCCCC3)c2C)cc1. The van der Waals surface area contributed by atoms with E-state index in [0.717, 1.165) is 58.4 Å². The van der Waals surface area contributed by atoms with Gasteiger partial charge < -0.3 is 14.6 Å². The van der Waals surface area contributed by atoms with Crippen molar-refractivity contribution in [3.05, 3.63) is 82.8 Å². The third-order valence-electron chi connectivity index (χ3n) is 6.78. The van der Waals surface area contributed by atoms with Gasteiger partial charge in [-0.3, -0.25) is 14.8 Å². The largest absolute Gasteiger partial charge is 0.497 e. The standard InChI is InChI=1S/C29H31N5O2S/c1-20-24(28(35)32-13-12-21-6-4-3-5-7-21)16-27(34(20)18-22-8-10-23(36-2)11-9-22)26-19-37-29(33-26)25-17-30-14-15-31-25/h6,8-11,14-17,19H,3-5,7,12-13,18H2,1-2H3,(H,32,35). The van der Waals surface area contributed by atoms with Gasteiger partial charge in [-0.05, 0) is 62.8 Å². The molecule has 0 saturated carbocycles. The Bertz CT molecular complexity index is 1390. The predicted molar refractivity (Wildman–Crippen MR) is 147 cm³/mol. The lowest BCUT2D eigenvalue weighted by Crippen LogP contribution is -2.25. The second-order valence-electron chi connectivity index (χ2n) is 9.21. The van der Waals surface area contributed by atoms with Gasteiger partial charge in [0.2, 0.25) is 0 Å². The Balaban J connectivity index is 1.43. The maximum Gasteiger partial charge on any atom is 0.253 e. The van der Waals surface area contributed by atoms with Crippen LogP contribution in [0.3, 0.4) is 0 Å². The van der Waals surface area contributed by atoms with Crippen LogP contribution in [0.1, 0.15) is 53.7 Å². The van der Waals surface area contributed by atoms with Gasteiger partial charge in [-0.25, -0.2) is 4.98 Å². The number of aromatic nitrogens is 4. The smallest absolute Gasteiger partial charge is 0.253 e. The van der Waals surface area contributed by atoms with Crippen LogP contribution in [0.4, 0.5) is 0 Å². The second kappa shape index (κ2) is 11.5. The van der Waals surface area contributed by atoms with Gasteiger partial charge in [-0.15, -0.1) is 11.3 Å². The Morgan fingerprint density at radius 3 is 2.76 bits per heavy atom. The highest BCUT2D eigenvalue weighted by atomic mass is 32.1. The fourth-order valence-corrected chi connectivity index (χ4v) is 5.46. The van der Waals surface area contributed by atoms with Gasteiger partial charge in [0.15, 0.2) is 0 Å². The van der Waals surface area contributed by atoms with Crippen molar-refractivity contribution in [3.8, 4) is 27.8 Å². The van der Waals surface area contributed by atoms with Crippen molar-refractivity contribution in [2.75, 3.05) is 13.7 Å². The van der Waals surface area contributed by atoms with E-state index in [1.54, 1.807) is 25.7 Å². The summed E-state index contributed by atoms with van der Waals surface area (Å²) >= 11 is 1.52. The Morgan fingerprint density at radius 2 is 2.03 bits per heavy atom. The minimum Gasteiger partial charge on any atom is -0.497 e. The number of ether oxygens (including phenoxy) is 1. The lowest BCUT2D eigenvalue weighted by Gasteiger charge is -2.13. The Labute approximate surface area is 221 Å². The molecule has 0 bridgehead atoms. The van der Waals surface area contributed by atoms with E-state index in [1.165, 1.54) is 29.8 Å². The van der Waals surface area contributed by atoms with Crippen molar-refractivity contribution < 1.29 is 9.53 Å². The molecule has 0 radical (unpaired) electrons. The summed E-state index contributed by atoms with van der Waals surface area (Å²) in [4.78, 5) is 26.7. The zero-order chi connectivity index (χ0) is 25.6. The monoisotopic (exact) mass is 513 g/mol. The first-order chi connectivity index (χ1) is 18.1.